The van der Waals surface area contributed by atoms with Gasteiger partial charge in [0.1, 0.15) is 12.4 Å². The fourth-order valence-corrected chi connectivity index (χ4v) is 2.44. The second-order valence-electron chi connectivity index (χ2n) is 4.76. The highest BCUT2D eigenvalue weighted by Gasteiger charge is 2.04. The molecule has 2 nitrogen and oxygen atoms in total. The molecule has 2 aromatic rings. The molecule has 3 heteroatoms. The molecule has 0 unspecified atom stereocenters. The molecule has 1 N–H and O–H groups in total. The number of aryl methyl sites for hydroxylation is 1. The fraction of sp³-hybridized carbons (Fsp3) is 0.222. The van der Waals surface area contributed by atoms with Crippen LogP contribution >= 0.6 is 15.9 Å². The molecule has 0 heterocycles. The maximum atomic E-state index is 5.69. The number of anilines is 1. The molecule has 0 spiro atoms. The van der Waals surface area contributed by atoms with Crippen molar-refractivity contribution < 1.29 is 4.74 Å². The Morgan fingerprint density at radius 1 is 1.19 bits per heavy atom. The van der Waals surface area contributed by atoms with Gasteiger partial charge >= 0.3 is 0 Å². The van der Waals surface area contributed by atoms with Crippen molar-refractivity contribution >= 4 is 21.6 Å². The molecule has 0 radical (unpaired) electrons. The lowest BCUT2D eigenvalue weighted by Gasteiger charge is -2.13. The van der Waals surface area contributed by atoms with Gasteiger partial charge in [-0.25, -0.2) is 0 Å². The minimum atomic E-state index is 0.514. The summed E-state index contributed by atoms with van der Waals surface area (Å²) in [5, 5.41) is 3.43. The summed E-state index contributed by atoms with van der Waals surface area (Å²) >= 11 is 3.51. The third-order valence-electron chi connectivity index (χ3n) is 3.22. The highest BCUT2D eigenvalue weighted by molar-refractivity contribution is 9.10. The monoisotopic (exact) mass is 345 g/mol. The van der Waals surface area contributed by atoms with E-state index in [1.54, 1.807) is 6.08 Å². The number of ether oxygens (including phenoxy) is 1. The van der Waals surface area contributed by atoms with Gasteiger partial charge in [0.05, 0.1) is 0 Å². The van der Waals surface area contributed by atoms with Crippen LogP contribution in [0.3, 0.4) is 0 Å². The number of hydrogen-bond acceptors (Lipinski definition) is 2. The molecular formula is C18H20BrNO. The van der Waals surface area contributed by atoms with E-state index in [0.29, 0.717) is 6.61 Å². The Bertz CT molecular complexity index is 593. The quantitative estimate of drug-likeness (QED) is 0.697. The second kappa shape index (κ2) is 7.89. The van der Waals surface area contributed by atoms with Crippen LogP contribution in [0.4, 0.5) is 5.69 Å². The second-order valence-corrected chi connectivity index (χ2v) is 5.67. The summed E-state index contributed by atoms with van der Waals surface area (Å²) in [5.41, 5.74) is 3.57. The van der Waals surface area contributed by atoms with Crippen LogP contribution in [0.5, 0.6) is 5.75 Å². The van der Waals surface area contributed by atoms with Gasteiger partial charge in [-0.2, -0.15) is 0 Å². The summed E-state index contributed by atoms with van der Waals surface area (Å²) in [6.07, 6.45) is 2.81. The lowest BCUT2D eigenvalue weighted by Crippen LogP contribution is -2.03. The summed E-state index contributed by atoms with van der Waals surface area (Å²) in [6, 6.07) is 14.6. The Labute approximate surface area is 135 Å². The molecule has 110 valence electrons. The lowest BCUT2D eigenvalue weighted by atomic mass is 10.1. The van der Waals surface area contributed by atoms with E-state index in [2.05, 4.69) is 65.1 Å². The highest BCUT2D eigenvalue weighted by atomic mass is 79.9. The molecule has 2 aromatic carbocycles. The van der Waals surface area contributed by atoms with Gasteiger partial charge in [0.25, 0.3) is 0 Å². The smallest absolute Gasteiger partial charge is 0.124 e. The summed E-state index contributed by atoms with van der Waals surface area (Å²) < 4.78 is 6.74. The van der Waals surface area contributed by atoms with E-state index in [-0.39, 0.29) is 0 Å². The molecule has 0 saturated carbocycles. The number of nitrogens with one attached hydrogen (secondary N) is 1. The largest absolute Gasteiger partial charge is 0.489 e. The number of halogens is 1. The topological polar surface area (TPSA) is 21.3 Å². The zero-order valence-corrected chi connectivity index (χ0v) is 13.8. The van der Waals surface area contributed by atoms with Gasteiger partial charge in [0.2, 0.25) is 0 Å². The van der Waals surface area contributed by atoms with Gasteiger partial charge in [-0.3, -0.25) is 0 Å². The van der Waals surface area contributed by atoms with Gasteiger partial charge in [-0.1, -0.05) is 47.6 Å². The normalized spacial score (nSPS) is 10.2. The molecule has 0 aromatic heterocycles. The number of rotatable bonds is 7. The third-order valence-corrected chi connectivity index (χ3v) is 3.72. The fourth-order valence-electron chi connectivity index (χ4n) is 2.03. The summed E-state index contributed by atoms with van der Waals surface area (Å²) in [4.78, 5) is 0. The Morgan fingerprint density at radius 3 is 2.62 bits per heavy atom. The van der Waals surface area contributed by atoms with Gasteiger partial charge in [-0.05, 0) is 42.3 Å². The Kier molecular flexibility index (Phi) is 5.88. The molecule has 0 atom stereocenters. The van der Waals surface area contributed by atoms with Crippen LogP contribution in [0.1, 0.15) is 18.1 Å². The first-order valence-electron chi connectivity index (χ1n) is 7.08. The Hall–Kier alpha value is -1.74. The van der Waals surface area contributed by atoms with Crippen LogP contribution < -0.4 is 10.1 Å². The van der Waals surface area contributed by atoms with Crippen molar-refractivity contribution in [3.05, 3.63) is 70.7 Å². The standard InChI is InChI=1S/C18H20BrNO/c1-3-11-21-18-10-7-16(19)12-15(18)13-20-17-8-5-14(4-2)6-9-17/h3,5-10,12,20H,1,4,11,13H2,2H3. The van der Waals surface area contributed by atoms with Crippen LogP contribution in [-0.2, 0) is 13.0 Å². The molecule has 21 heavy (non-hydrogen) atoms. The van der Waals surface area contributed by atoms with E-state index in [4.69, 9.17) is 4.74 Å². The first-order chi connectivity index (χ1) is 10.2. The summed E-state index contributed by atoms with van der Waals surface area (Å²) in [7, 11) is 0. The van der Waals surface area contributed by atoms with Crippen molar-refractivity contribution in [1.29, 1.82) is 0 Å². The maximum Gasteiger partial charge on any atom is 0.124 e. The molecule has 0 aliphatic rings. The van der Waals surface area contributed by atoms with Crippen LogP contribution in [-0.4, -0.2) is 6.61 Å². The van der Waals surface area contributed by atoms with Crippen molar-refractivity contribution in [2.45, 2.75) is 19.9 Å². The molecule has 0 amide bonds. The number of hydrogen-bond donors (Lipinski definition) is 1. The van der Waals surface area contributed by atoms with E-state index in [0.717, 1.165) is 34.4 Å². The van der Waals surface area contributed by atoms with E-state index >= 15 is 0 Å². The predicted molar refractivity (Wildman–Crippen MR) is 93.0 cm³/mol. The van der Waals surface area contributed by atoms with E-state index in [1.807, 2.05) is 12.1 Å². The molecule has 0 bridgehead atoms. The Balaban J connectivity index is 2.06. The van der Waals surface area contributed by atoms with Crippen LogP contribution in [0.2, 0.25) is 0 Å². The molecule has 0 aliphatic heterocycles. The molecule has 2 rings (SSSR count). The average molecular weight is 346 g/mol. The summed E-state index contributed by atoms with van der Waals surface area (Å²) in [6.45, 7) is 7.08. The van der Waals surface area contributed by atoms with Crippen LogP contribution in [0, 0.1) is 0 Å². The van der Waals surface area contributed by atoms with Crippen molar-refractivity contribution in [2.24, 2.45) is 0 Å². The van der Waals surface area contributed by atoms with Gasteiger partial charge in [0.15, 0.2) is 0 Å². The van der Waals surface area contributed by atoms with Crippen molar-refractivity contribution in [2.75, 3.05) is 11.9 Å². The van der Waals surface area contributed by atoms with Gasteiger partial charge in [0, 0.05) is 22.3 Å². The summed E-state index contributed by atoms with van der Waals surface area (Å²) in [5.74, 6) is 0.885. The minimum absolute atomic E-state index is 0.514. The van der Waals surface area contributed by atoms with Crippen LogP contribution in [0.25, 0.3) is 0 Å². The van der Waals surface area contributed by atoms with E-state index < -0.39 is 0 Å². The lowest BCUT2D eigenvalue weighted by molar-refractivity contribution is 0.359. The Morgan fingerprint density at radius 2 is 1.95 bits per heavy atom. The zero-order chi connectivity index (χ0) is 15.1. The van der Waals surface area contributed by atoms with E-state index in [9.17, 15) is 0 Å². The van der Waals surface area contributed by atoms with Crippen molar-refractivity contribution in [1.82, 2.24) is 0 Å². The SMILES string of the molecule is C=CCOc1ccc(Br)cc1CNc1ccc(CC)cc1. The predicted octanol–water partition coefficient (Wildman–Crippen LogP) is 5.19. The van der Waals surface area contributed by atoms with Crippen LogP contribution in [0.15, 0.2) is 59.6 Å². The third kappa shape index (κ3) is 4.64. The first kappa shape index (κ1) is 15.6. The molecule has 0 fully saturated rings. The average Bonchev–Trinajstić information content (AvgIpc) is 2.52. The molecule has 0 saturated heterocycles. The van der Waals surface area contributed by atoms with Gasteiger partial charge in [-0.15, -0.1) is 0 Å². The van der Waals surface area contributed by atoms with Gasteiger partial charge < -0.3 is 10.1 Å². The van der Waals surface area contributed by atoms with Crippen molar-refractivity contribution in [3.8, 4) is 5.75 Å². The maximum absolute atomic E-state index is 5.69. The minimum Gasteiger partial charge on any atom is -0.489 e. The first-order valence-corrected chi connectivity index (χ1v) is 7.87. The van der Waals surface area contributed by atoms with Crippen molar-refractivity contribution in [3.63, 3.8) is 0 Å². The zero-order valence-electron chi connectivity index (χ0n) is 12.2. The van der Waals surface area contributed by atoms with E-state index in [1.165, 1.54) is 5.56 Å². The molecular weight excluding hydrogens is 326 g/mol. The number of benzene rings is 2. The highest BCUT2D eigenvalue weighted by Crippen LogP contribution is 2.24. The molecule has 0 aliphatic carbocycles.